The highest BCUT2D eigenvalue weighted by Gasteiger charge is 2.27. The summed E-state index contributed by atoms with van der Waals surface area (Å²) in [7, 11) is 1.97. The number of nitrogens with two attached hydrogens (primary N) is 1. The number of anilines is 1. The maximum Gasteiger partial charge on any atom is 0.227 e. The van der Waals surface area contributed by atoms with Crippen molar-refractivity contribution in [3.63, 3.8) is 0 Å². The largest absolute Gasteiger partial charge is 0.329 e. The lowest BCUT2D eigenvalue weighted by atomic mass is 10.1. The van der Waals surface area contributed by atoms with E-state index >= 15 is 0 Å². The first kappa shape index (κ1) is 17.8. The molecule has 3 rings (SSSR count). The Labute approximate surface area is 146 Å². The van der Waals surface area contributed by atoms with Gasteiger partial charge in [0.25, 0.3) is 0 Å². The molecule has 3 N–H and O–H groups in total. The average molecular weight is 353 g/mol. The molecule has 2 aromatic rings. The SMILES string of the molecule is Cl.Cn1ccnc1Sc1ccc(NC(=O)C2CCC(N)C2)cc1. The van der Waals surface area contributed by atoms with Gasteiger partial charge in [-0.3, -0.25) is 4.79 Å². The van der Waals surface area contributed by atoms with Gasteiger partial charge in [0, 0.05) is 42.0 Å². The van der Waals surface area contributed by atoms with E-state index in [1.165, 1.54) is 0 Å². The Balaban J connectivity index is 0.00000192. The number of halogens is 1. The zero-order chi connectivity index (χ0) is 15.5. The van der Waals surface area contributed by atoms with E-state index in [1.807, 2.05) is 42.1 Å². The average Bonchev–Trinajstić information content (AvgIpc) is 3.10. The summed E-state index contributed by atoms with van der Waals surface area (Å²) >= 11 is 1.60. The lowest BCUT2D eigenvalue weighted by Gasteiger charge is -2.11. The number of carbonyl (C=O) groups excluding carboxylic acids is 1. The quantitative estimate of drug-likeness (QED) is 0.887. The van der Waals surface area contributed by atoms with Crippen LogP contribution in [-0.2, 0) is 11.8 Å². The number of hydrogen-bond acceptors (Lipinski definition) is 4. The lowest BCUT2D eigenvalue weighted by molar-refractivity contribution is -0.119. The Kier molecular flexibility index (Phi) is 6.10. The zero-order valence-electron chi connectivity index (χ0n) is 12.9. The molecule has 5 nitrogen and oxygen atoms in total. The first-order valence-electron chi connectivity index (χ1n) is 7.43. The molecule has 0 spiro atoms. The van der Waals surface area contributed by atoms with Gasteiger partial charge < -0.3 is 15.6 Å². The van der Waals surface area contributed by atoms with Gasteiger partial charge in [0.2, 0.25) is 5.91 Å². The van der Waals surface area contributed by atoms with Crippen LogP contribution in [-0.4, -0.2) is 21.5 Å². The summed E-state index contributed by atoms with van der Waals surface area (Å²) in [6.45, 7) is 0. The van der Waals surface area contributed by atoms with Crippen LogP contribution >= 0.6 is 24.2 Å². The van der Waals surface area contributed by atoms with Gasteiger partial charge in [0.05, 0.1) is 0 Å². The fourth-order valence-corrected chi connectivity index (χ4v) is 3.46. The van der Waals surface area contributed by atoms with Gasteiger partial charge in [-0.25, -0.2) is 4.98 Å². The molecule has 1 aromatic carbocycles. The third kappa shape index (κ3) is 4.50. The summed E-state index contributed by atoms with van der Waals surface area (Å²) in [5.74, 6) is 0.133. The van der Waals surface area contributed by atoms with Crippen molar-refractivity contribution in [3.05, 3.63) is 36.7 Å². The Hall–Kier alpha value is -1.50. The first-order valence-corrected chi connectivity index (χ1v) is 8.25. The third-order valence-corrected chi connectivity index (χ3v) is 5.04. The monoisotopic (exact) mass is 352 g/mol. The van der Waals surface area contributed by atoms with Crippen LogP contribution in [0.2, 0.25) is 0 Å². The molecule has 23 heavy (non-hydrogen) atoms. The number of hydrogen-bond donors (Lipinski definition) is 2. The van der Waals surface area contributed by atoms with Crippen molar-refractivity contribution in [3.8, 4) is 0 Å². The maximum atomic E-state index is 12.2. The van der Waals surface area contributed by atoms with Crippen molar-refractivity contribution in [2.45, 2.75) is 35.4 Å². The van der Waals surface area contributed by atoms with E-state index in [1.54, 1.807) is 18.0 Å². The fraction of sp³-hybridized carbons (Fsp3) is 0.375. The minimum Gasteiger partial charge on any atom is -0.329 e. The van der Waals surface area contributed by atoms with Crippen molar-refractivity contribution in [1.29, 1.82) is 0 Å². The van der Waals surface area contributed by atoms with Crippen LogP contribution in [0.15, 0.2) is 46.7 Å². The summed E-state index contributed by atoms with van der Waals surface area (Å²) in [6.07, 6.45) is 6.32. The van der Waals surface area contributed by atoms with Gasteiger partial charge in [-0.15, -0.1) is 12.4 Å². The Bertz CT molecular complexity index is 658. The predicted octanol–water partition coefficient (Wildman–Crippen LogP) is 3.06. The van der Waals surface area contributed by atoms with Crippen LogP contribution in [0.1, 0.15) is 19.3 Å². The topological polar surface area (TPSA) is 72.9 Å². The molecule has 124 valence electrons. The summed E-state index contributed by atoms with van der Waals surface area (Å²) in [4.78, 5) is 17.5. The number of aryl methyl sites for hydroxylation is 1. The second-order valence-electron chi connectivity index (χ2n) is 5.71. The molecule has 7 heteroatoms. The molecule has 1 aliphatic rings. The number of imidazole rings is 1. The predicted molar refractivity (Wildman–Crippen MR) is 95.0 cm³/mol. The zero-order valence-corrected chi connectivity index (χ0v) is 14.6. The maximum absolute atomic E-state index is 12.2. The van der Waals surface area contributed by atoms with Gasteiger partial charge in [-0.2, -0.15) is 0 Å². The standard InChI is InChI=1S/C16H20N4OS.ClH/c1-20-9-8-18-16(20)22-14-6-4-13(5-7-14)19-15(21)11-2-3-12(17)10-11;/h4-9,11-12H,2-3,10,17H2,1H3,(H,19,21);1H. The van der Waals surface area contributed by atoms with Gasteiger partial charge in [0.1, 0.15) is 0 Å². The summed E-state index contributed by atoms with van der Waals surface area (Å²) < 4.78 is 1.98. The smallest absolute Gasteiger partial charge is 0.227 e. The molecule has 1 saturated carbocycles. The highest BCUT2D eigenvalue weighted by Crippen LogP contribution is 2.28. The molecule has 0 radical (unpaired) electrons. The molecule has 0 saturated heterocycles. The number of nitrogens with zero attached hydrogens (tertiary/aromatic N) is 2. The molecule has 0 aliphatic heterocycles. The Morgan fingerprint density at radius 1 is 1.35 bits per heavy atom. The van der Waals surface area contributed by atoms with E-state index in [4.69, 9.17) is 5.73 Å². The molecule has 1 heterocycles. The highest BCUT2D eigenvalue weighted by molar-refractivity contribution is 7.99. The second kappa shape index (κ2) is 7.86. The molecular formula is C16H21ClN4OS. The minimum atomic E-state index is 0. The van der Waals surface area contributed by atoms with E-state index in [9.17, 15) is 4.79 Å². The number of aromatic nitrogens is 2. The summed E-state index contributed by atoms with van der Waals surface area (Å²) in [6, 6.07) is 8.02. The van der Waals surface area contributed by atoms with E-state index < -0.39 is 0 Å². The van der Waals surface area contributed by atoms with Crippen molar-refractivity contribution >= 4 is 35.8 Å². The fourth-order valence-electron chi connectivity index (χ4n) is 2.66. The lowest BCUT2D eigenvalue weighted by Crippen LogP contribution is -2.23. The molecule has 1 amide bonds. The van der Waals surface area contributed by atoms with Crippen LogP contribution < -0.4 is 11.1 Å². The Morgan fingerprint density at radius 2 is 2.09 bits per heavy atom. The molecule has 2 atom stereocenters. The first-order chi connectivity index (χ1) is 10.6. The van der Waals surface area contributed by atoms with Crippen molar-refractivity contribution in [2.75, 3.05) is 5.32 Å². The molecule has 1 fully saturated rings. The second-order valence-corrected chi connectivity index (χ2v) is 6.75. The van der Waals surface area contributed by atoms with Crippen molar-refractivity contribution in [2.24, 2.45) is 18.7 Å². The van der Waals surface area contributed by atoms with Gasteiger partial charge in [0.15, 0.2) is 5.16 Å². The van der Waals surface area contributed by atoms with E-state index in [2.05, 4.69) is 10.3 Å². The number of carbonyl (C=O) groups is 1. The number of amides is 1. The molecule has 0 bridgehead atoms. The van der Waals surface area contributed by atoms with Crippen molar-refractivity contribution in [1.82, 2.24) is 9.55 Å². The van der Waals surface area contributed by atoms with Gasteiger partial charge in [-0.1, -0.05) is 11.8 Å². The van der Waals surface area contributed by atoms with Crippen LogP contribution in [0.5, 0.6) is 0 Å². The van der Waals surface area contributed by atoms with Crippen molar-refractivity contribution < 1.29 is 4.79 Å². The summed E-state index contributed by atoms with van der Waals surface area (Å²) in [5.41, 5.74) is 6.69. The number of rotatable bonds is 4. The number of benzene rings is 1. The van der Waals surface area contributed by atoms with Gasteiger partial charge >= 0.3 is 0 Å². The van der Waals surface area contributed by atoms with Crippen LogP contribution in [0.3, 0.4) is 0 Å². The van der Waals surface area contributed by atoms with E-state index in [0.29, 0.717) is 0 Å². The summed E-state index contributed by atoms with van der Waals surface area (Å²) in [5, 5.41) is 3.92. The normalized spacial score (nSPS) is 20.1. The van der Waals surface area contributed by atoms with Crippen LogP contribution in [0.4, 0.5) is 5.69 Å². The Morgan fingerprint density at radius 3 is 2.65 bits per heavy atom. The van der Waals surface area contributed by atoms with E-state index in [0.717, 1.165) is 35.0 Å². The van der Waals surface area contributed by atoms with Gasteiger partial charge in [-0.05, 0) is 43.5 Å². The molecule has 2 unspecified atom stereocenters. The minimum absolute atomic E-state index is 0. The van der Waals surface area contributed by atoms with Crippen LogP contribution in [0, 0.1) is 5.92 Å². The van der Waals surface area contributed by atoms with E-state index in [-0.39, 0.29) is 30.3 Å². The highest BCUT2D eigenvalue weighted by atomic mass is 35.5. The number of nitrogens with one attached hydrogen (secondary N) is 1. The molecule has 1 aliphatic carbocycles. The molecular weight excluding hydrogens is 332 g/mol. The molecule has 1 aromatic heterocycles. The van der Waals surface area contributed by atoms with Crippen LogP contribution in [0.25, 0.3) is 0 Å². The third-order valence-electron chi connectivity index (χ3n) is 3.95.